The van der Waals surface area contributed by atoms with Crippen molar-refractivity contribution in [2.75, 3.05) is 24.5 Å². The Morgan fingerprint density at radius 2 is 1.87 bits per heavy atom. The smallest absolute Gasteiger partial charge is 0.253 e. The molecule has 0 saturated carbocycles. The van der Waals surface area contributed by atoms with Crippen LogP contribution in [0, 0.1) is 6.92 Å². The maximum absolute atomic E-state index is 12.6. The highest BCUT2D eigenvalue weighted by molar-refractivity contribution is 9.10. The molecule has 0 aromatic heterocycles. The fourth-order valence-corrected chi connectivity index (χ4v) is 3.34. The number of hydrogen-bond acceptors (Lipinski definition) is 2. The quantitative estimate of drug-likeness (QED) is 0.791. The van der Waals surface area contributed by atoms with Crippen LogP contribution >= 0.6 is 15.9 Å². The molecule has 2 aromatic carbocycles. The van der Waals surface area contributed by atoms with E-state index in [1.54, 1.807) is 0 Å². The summed E-state index contributed by atoms with van der Waals surface area (Å²) in [6.07, 6.45) is 0. The molecule has 1 unspecified atom stereocenters. The van der Waals surface area contributed by atoms with Crippen LogP contribution in [0.2, 0.25) is 0 Å². The van der Waals surface area contributed by atoms with E-state index in [-0.39, 0.29) is 5.91 Å². The van der Waals surface area contributed by atoms with Gasteiger partial charge in [-0.2, -0.15) is 0 Å². The average molecular weight is 373 g/mol. The molecule has 0 N–H and O–H groups in total. The topological polar surface area (TPSA) is 23.6 Å². The standard InChI is InChI=1S/C19H21BrN2O/c1-14-12-17(8-9-18(14)20)22-11-10-21(13-15(22)2)19(23)16-6-4-3-5-7-16/h3-9,12,15H,10-11,13H2,1-2H3. The van der Waals surface area contributed by atoms with Gasteiger partial charge in [-0.15, -0.1) is 0 Å². The first-order chi connectivity index (χ1) is 11.1. The van der Waals surface area contributed by atoms with Crippen LogP contribution in [-0.4, -0.2) is 36.5 Å². The molecule has 2 aromatic rings. The summed E-state index contributed by atoms with van der Waals surface area (Å²) in [7, 11) is 0. The van der Waals surface area contributed by atoms with E-state index in [0.717, 1.165) is 29.7 Å². The number of rotatable bonds is 2. The fourth-order valence-electron chi connectivity index (χ4n) is 3.10. The predicted molar refractivity (Wildman–Crippen MR) is 98.0 cm³/mol. The van der Waals surface area contributed by atoms with E-state index < -0.39 is 0 Å². The number of piperazine rings is 1. The molecular weight excluding hydrogens is 352 g/mol. The third-order valence-electron chi connectivity index (χ3n) is 4.41. The first kappa shape index (κ1) is 16.1. The summed E-state index contributed by atoms with van der Waals surface area (Å²) < 4.78 is 1.13. The molecule has 23 heavy (non-hydrogen) atoms. The zero-order valence-electron chi connectivity index (χ0n) is 13.5. The molecule has 3 rings (SSSR count). The second kappa shape index (κ2) is 6.75. The molecule has 1 saturated heterocycles. The van der Waals surface area contributed by atoms with E-state index in [0.29, 0.717) is 6.04 Å². The highest BCUT2D eigenvalue weighted by Gasteiger charge is 2.27. The van der Waals surface area contributed by atoms with Gasteiger partial charge in [-0.05, 0) is 49.7 Å². The molecule has 0 spiro atoms. The van der Waals surface area contributed by atoms with Crippen molar-refractivity contribution in [1.29, 1.82) is 0 Å². The van der Waals surface area contributed by atoms with E-state index in [2.05, 4.69) is 52.9 Å². The summed E-state index contributed by atoms with van der Waals surface area (Å²) in [5, 5.41) is 0. The second-order valence-corrected chi connectivity index (χ2v) is 6.95. The Balaban J connectivity index is 1.72. The SMILES string of the molecule is Cc1cc(N2CCN(C(=O)c3ccccc3)CC2C)ccc1Br. The van der Waals surface area contributed by atoms with E-state index >= 15 is 0 Å². The molecule has 0 bridgehead atoms. The third-order valence-corrected chi connectivity index (χ3v) is 5.30. The summed E-state index contributed by atoms with van der Waals surface area (Å²) in [6, 6.07) is 16.3. The normalized spacial score (nSPS) is 18.1. The van der Waals surface area contributed by atoms with Crippen LogP contribution in [0.25, 0.3) is 0 Å². The lowest BCUT2D eigenvalue weighted by molar-refractivity contribution is 0.0726. The summed E-state index contributed by atoms with van der Waals surface area (Å²) in [5.41, 5.74) is 3.23. The zero-order valence-corrected chi connectivity index (χ0v) is 15.1. The van der Waals surface area contributed by atoms with E-state index in [9.17, 15) is 4.79 Å². The van der Waals surface area contributed by atoms with E-state index in [1.165, 1.54) is 11.3 Å². The minimum atomic E-state index is 0.129. The molecule has 1 atom stereocenters. The molecule has 3 nitrogen and oxygen atoms in total. The number of anilines is 1. The van der Waals surface area contributed by atoms with Crippen molar-refractivity contribution >= 4 is 27.5 Å². The Bertz CT molecular complexity index is 702. The number of carbonyl (C=O) groups is 1. The molecule has 120 valence electrons. The van der Waals surface area contributed by atoms with Gasteiger partial charge < -0.3 is 9.80 Å². The van der Waals surface area contributed by atoms with Gasteiger partial charge in [-0.3, -0.25) is 4.79 Å². The van der Waals surface area contributed by atoms with Crippen LogP contribution in [-0.2, 0) is 0 Å². The van der Waals surface area contributed by atoms with Gasteiger partial charge in [0.25, 0.3) is 5.91 Å². The Labute approximate surface area is 146 Å². The summed E-state index contributed by atoms with van der Waals surface area (Å²) >= 11 is 3.55. The number of hydrogen-bond donors (Lipinski definition) is 0. The number of benzene rings is 2. The largest absolute Gasteiger partial charge is 0.365 e. The number of amides is 1. The first-order valence-electron chi connectivity index (χ1n) is 7.93. The van der Waals surface area contributed by atoms with Gasteiger partial charge in [0.1, 0.15) is 0 Å². The molecule has 1 aliphatic rings. The fraction of sp³-hybridized carbons (Fsp3) is 0.316. The van der Waals surface area contributed by atoms with Crippen molar-refractivity contribution in [3.05, 3.63) is 64.1 Å². The van der Waals surface area contributed by atoms with Crippen LogP contribution in [0.1, 0.15) is 22.8 Å². The van der Waals surface area contributed by atoms with Gasteiger partial charge in [0, 0.05) is 41.4 Å². The molecule has 1 heterocycles. The Hall–Kier alpha value is -1.81. The van der Waals surface area contributed by atoms with Crippen LogP contribution in [0.3, 0.4) is 0 Å². The lowest BCUT2D eigenvalue weighted by Crippen LogP contribution is -2.53. The third kappa shape index (κ3) is 3.42. The van der Waals surface area contributed by atoms with Crippen molar-refractivity contribution in [2.24, 2.45) is 0 Å². The van der Waals surface area contributed by atoms with Gasteiger partial charge >= 0.3 is 0 Å². The Morgan fingerprint density at radius 1 is 1.13 bits per heavy atom. The van der Waals surface area contributed by atoms with Crippen LogP contribution in [0.5, 0.6) is 0 Å². The van der Waals surface area contributed by atoms with Crippen molar-refractivity contribution in [2.45, 2.75) is 19.9 Å². The van der Waals surface area contributed by atoms with Gasteiger partial charge in [0.15, 0.2) is 0 Å². The average Bonchev–Trinajstić information content (AvgIpc) is 2.57. The Morgan fingerprint density at radius 3 is 2.52 bits per heavy atom. The summed E-state index contributed by atoms with van der Waals surface area (Å²) in [4.78, 5) is 16.9. The molecule has 0 radical (unpaired) electrons. The van der Waals surface area contributed by atoms with Crippen molar-refractivity contribution in [1.82, 2.24) is 4.90 Å². The van der Waals surface area contributed by atoms with Crippen molar-refractivity contribution in [3.63, 3.8) is 0 Å². The predicted octanol–water partition coefficient (Wildman–Crippen LogP) is 4.11. The van der Waals surface area contributed by atoms with Gasteiger partial charge in [-0.1, -0.05) is 34.1 Å². The number of halogens is 1. The van der Waals surface area contributed by atoms with Crippen LogP contribution < -0.4 is 4.90 Å². The monoisotopic (exact) mass is 372 g/mol. The lowest BCUT2D eigenvalue weighted by atomic mass is 10.1. The summed E-state index contributed by atoms with van der Waals surface area (Å²) in [5.74, 6) is 0.129. The van der Waals surface area contributed by atoms with E-state index in [1.807, 2.05) is 35.2 Å². The number of aryl methyl sites for hydroxylation is 1. The van der Waals surface area contributed by atoms with Crippen LogP contribution in [0.4, 0.5) is 5.69 Å². The maximum Gasteiger partial charge on any atom is 0.253 e. The zero-order chi connectivity index (χ0) is 16.4. The second-order valence-electron chi connectivity index (χ2n) is 6.09. The molecule has 1 fully saturated rings. The maximum atomic E-state index is 12.6. The minimum Gasteiger partial charge on any atom is -0.365 e. The van der Waals surface area contributed by atoms with Gasteiger partial charge in [0.2, 0.25) is 0 Å². The Kier molecular flexibility index (Phi) is 4.71. The van der Waals surface area contributed by atoms with Crippen molar-refractivity contribution in [3.8, 4) is 0 Å². The van der Waals surface area contributed by atoms with Gasteiger partial charge in [-0.25, -0.2) is 0 Å². The highest BCUT2D eigenvalue weighted by Crippen LogP contribution is 2.26. The van der Waals surface area contributed by atoms with Gasteiger partial charge in [0.05, 0.1) is 0 Å². The minimum absolute atomic E-state index is 0.129. The van der Waals surface area contributed by atoms with Crippen LogP contribution in [0.15, 0.2) is 53.0 Å². The van der Waals surface area contributed by atoms with Crippen molar-refractivity contribution < 1.29 is 4.79 Å². The molecular formula is C19H21BrN2O. The molecule has 4 heteroatoms. The first-order valence-corrected chi connectivity index (χ1v) is 8.72. The number of nitrogens with zero attached hydrogens (tertiary/aromatic N) is 2. The molecule has 1 amide bonds. The molecule has 0 aliphatic carbocycles. The lowest BCUT2D eigenvalue weighted by Gasteiger charge is -2.41. The number of carbonyl (C=O) groups excluding carboxylic acids is 1. The summed E-state index contributed by atoms with van der Waals surface area (Å²) in [6.45, 7) is 6.66. The molecule has 1 aliphatic heterocycles. The van der Waals surface area contributed by atoms with E-state index in [4.69, 9.17) is 0 Å². The highest BCUT2D eigenvalue weighted by atomic mass is 79.9.